The molecule has 31 nitrogen and oxygen atoms in total. The quantitative estimate of drug-likeness (QED) is 0.0131. The maximum absolute atomic E-state index is 12.4. The van der Waals surface area contributed by atoms with E-state index in [0.29, 0.717) is 10.0 Å². The second-order valence-corrected chi connectivity index (χ2v) is 21.7. The third-order valence-electron chi connectivity index (χ3n) is 11.9. The van der Waals surface area contributed by atoms with Gasteiger partial charge in [-0.05, 0) is 156 Å². The number of halogens is 3. The molecule has 0 aromatic heterocycles. The van der Waals surface area contributed by atoms with Crippen LogP contribution in [-0.2, 0) is 0 Å². The van der Waals surface area contributed by atoms with Gasteiger partial charge in [-0.1, -0.05) is 147 Å². The van der Waals surface area contributed by atoms with Gasteiger partial charge in [-0.2, -0.15) is 35.7 Å². The number of phenolic OH excluding ortho intramolecular Hbond substituents is 1. The topological polar surface area (TPSA) is 570 Å². The van der Waals surface area contributed by atoms with Crippen LogP contribution in [-0.4, -0.2) is 111 Å². The van der Waals surface area contributed by atoms with Crippen LogP contribution in [0, 0.1) is 12.7 Å². The van der Waals surface area contributed by atoms with Gasteiger partial charge in [0.05, 0.1) is 59.7 Å². The molecule has 0 saturated heterocycles. The number of benzene rings is 7. The van der Waals surface area contributed by atoms with Gasteiger partial charge in [0.1, 0.15) is 17.3 Å². The summed E-state index contributed by atoms with van der Waals surface area (Å²) in [7, 11) is 5.59. The van der Waals surface area contributed by atoms with Crippen LogP contribution in [0.2, 0.25) is 10.0 Å². The first-order chi connectivity index (χ1) is 49.1. The third-order valence-corrected chi connectivity index (χ3v) is 12.7. The zero-order valence-electron chi connectivity index (χ0n) is 58.3. The molecular weight excluding hydrogens is 1360 g/mol. The highest BCUT2D eigenvalue weighted by Crippen LogP contribution is 2.22. The number of nitrogens with zero attached hydrogens (tertiary/aromatic N) is 15. The van der Waals surface area contributed by atoms with Crippen LogP contribution >= 0.6 is 23.2 Å². The summed E-state index contributed by atoms with van der Waals surface area (Å²) in [5.74, 6) is 0.314. The number of guanidine groups is 7. The summed E-state index contributed by atoms with van der Waals surface area (Å²) < 4.78 is 17.4. The van der Waals surface area contributed by atoms with Gasteiger partial charge in [0.25, 0.3) is 0 Å². The molecule has 0 amide bonds. The van der Waals surface area contributed by atoms with Crippen LogP contribution in [0.3, 0.4) is 0 Å². The second kappa shape index (κ2) is 53.1. The first-order valence-corrected chi connectivity index (χ1v) is 31.8. The Labute approximate surface area is 609 Å². The Morgan fingerprint density at radius 2 is 0.796 bits per heavy atom. The summed E-state index contributed by atoms with van der Waals surface area (Å²) in [5.41, 5.74) is 82.4. The number of aryl methyl sites for hydroxylation is 1. The van der Waals surface area contributed by atoms with E-state index in [-0.39, 0.29) is 53.3 Å². The number of methoxy groups -OCH3 is 1. The summed E-state index contributed by atoms with van der Waals surface area (Å²) in [6.45, 7) is 6.35. The van der Waals surface area contributed by atoms with Crippen molar-refractivity contribution in [3.8, 4) is 11.5 Å². The molecule has 34 heteroatoms. The minimum absolute atomic E-state index is 0.00403. The van der Waals surface area contributed by atoms with Crippen molar-refractivity contribution < 1.29 is 14.2 Å². The molecule has 0 atom stereocenters. The molecule has 548 valence electrons. The van der Waals surface area contributed by atoms with Crippen molar-refractivity contribution in [2.24, 2.45) is 152 Å². The molecule has 0 saturated carbocycles. The van der Waals surface area contributed by atoms with E-state index in [1.807, 2.05) is 110 Å². The smallest absolute Gasteiger partial charge is 0.211 e. The highest BCUT2D eigenvalue weighted by atomic mass is 35.5. The van der Waals surface area contributed by atoms with E-state index in [1.54, 1.807) is 80.4 Å². The molecule has 0 unspecified atom stereocenters. The third kappa shape index (κ3) is 46.0. The fraction of sp³-hybridized carbons (Fsp3) is 0.188. The number of nitrogens with two attached hydrogens (primary N) is 14. The Morgan fingerprint density at radius 3 is 1.19 bits per heavy atom. The molecule has 7 rings (SSSR count). The van der Waals surface area contributed by atoms with E-state index in [1.165, 1.54) is 43.0 Å². The maximum atomic E-state index is 12.4. The minimum Gasteiger partial charge on any atom is -0.508 e. The monoisotopic (exact) mass is 1450 g/mol. The van der Waals surface area contributed by atoms with Gasteiger partial charge in [0, 0.05) is 19.8 Å². The first-order valence-electron chi connectivity index (χ1n) is 31.1. The maximum Gasteiger partial charge on any atom is 0.211 e. The average molecular weight is 1450 g/mol. The van der Waals surface area contributed by atoms with Crippen LogP contribution < -0.4 is 89.9 Å². The highest BCUT2D eigenvalue weighted by molar-refractivity contribution is 6.42. The van der Waals surface area contributed by atoms with Gasteiger partial charge >= 0.3 is 0 Å². The zero-order valence-corrected chi connectivity index (χ0v) is 59.8. The molecule has 29 N–H and O–H groups in total. The molecule has 0 heterocycles. The highest BCUT2D eigenvalue weighted by Gasteiger charge is 2.06. The van der Waals surface area contributed by atoms with Crippen LogP contribution in [0.5, 0.6) is 11.5 Å². The van der Waals surface area contributed by atoms with Gasteiger partial charge in [-0.25, -0.2) is 4.39 Å². The Bertz CT molecular complexity index is 4000. The van der Waals surface area contributed by atoms with Crippen molar-refractivity contribution in [3.63, 3.8) is 0 Å². The number of ether oxygens (including phenoxy) is 1. The molecule has 0 spiro atoms. The molecule has 0 aliphatic heterocycles. The Hall–Kier alpha value is -13.0. The van der Waals surface area contributed by atoms with Crippen molar-refractivity contribution in [1.29, 1.82) is 0 Å². The van der Waals surface area contributed by atoms with Crippen molar-refractivity contribution in [2.45, 2.75) is 65.7 Å². The van der Waals surface area contributed by atoms with Gasteiger partial charge in [-0.15, -0.1) is 35.7 Å². The van der Waals surface area contributed by atoms with Gasteiger partial charge in [0.2, 0.25) is 41.7 Å². The van der Waals surface area contributed by atoms with E-state index in [2.05, 4.69) is 104 Å². The second-order valence-electron chi connectivity index (χ2n) is 20.9. The van der Waals surface area contributed by atoms with E-state index < -0.39 is 0 Å². The standard InChI is InChI=1S/C14H22N4.C12H18N4O.C10H15N5.C9H12N4O.C8H8Cl2N4.C8H9FN4.C8H10N4/c1-3-4-5-9-13(17-18-14(15)16)12-8-6-7-11(2)10-12;1-2-3-4-11(15-16-12(13)14)9-5-7-10(17)8-6-9;1-15(2)9-5-3-8(4-6-9)7-13-14-10(11)12;1-14-8-4-2-7(3-5-8)6-12-13-9(10)11;9-6-2-1-5(3-7(6)10)4-13-14-8(11)12;9-7-3-1-6(2-4-7)5-12-13-8(10)11;9-8(10)12-11-6-7-4-2-1-3-5-7/h6-8,10H,3-5,9H2,1-2H3,(H4,15,16,18);5-8,17H,2-4H2,1H3,(H4,13,14,16);3-7H,1-2H3,(H4,11,12,14);2-6H,1H3,(H4,10,11,13);1-4H,(H4,11,12,14);1-5H,(H4,10,11,13);1-6H,(H4,9,10,12)/b17-13-;15-11+;13-7+;12-6+;13-4+;12-5+;11-6+. The lowest BCUT2D eigenvalue weighted by molar-refractivity contribution is 0.415. The molecule has 7 aromatic rings. The Balaban J connectivity index is 0.000000603. The number of anilines is 1. The summed E-state index contributed by atoms with van der Waals surface area (Å²) in [6.07, 6.45) is 14.9. The molecule has 0 aliphatic carbocycles. The van der Waals surface area contributed by atoms with Crippen LogP contribution in [0.15, 0.2) is 241 Å². The molecule has 7 aromatic carbocycles. The number of unbranched alkanes of at least 4 members (excludes halogenated alkanes) is 3. The summed E-state index contributed by atoms with van der Waals surface area (Å²) in [6, 6.07) is 50.8. The fourth-order valence-electron chi connectivity index (χ4n) is 7.15. The number of rotatable bonds is 23. The number of phenols is 1. The Kier molecular flexibility index (Phi) is 45.4. The molecule has 0 fully saturated rings. The lowest BCUT2D eigenvalue weighted by Gasteiger charge is -2.11. The molecular formula is C69H94Cl2FN29O2. The molecule has 103 heavy (non-hydrogen) atoms. The van der Waals surface area contributed by atoms with E-state index in [9.17, 15) is 9.50 Å². The SMILES string of the molecule is CCCC/C(=N\N=C(N)N)c1ccc(O)cc1.CCCCC/C(=N/N=C(N)N)c1cccc(C)c1.CN(C)c1ccc(/C=N/N=C(N)N)cc1.COc1ccc(/C=N/N=C(N)N)cc1.NC(N)=N/N=C/c1ccc(Cl)c(Cl)c1.NC(N)=N/N=C/c1ccc(F)cc1.NC(N)=N/N=C/c1ccccc1. The fourth-order valence-corrected chi connectivity index (χ4v) is 7.45. The lowest BCUT2D eigenvalue weighted by atomic mass is 10.0. The van der Waals surface area contributed by atoms with Gasteiger partial charge < -0.3 is 95.0 Å². The van der Waals surface area contributed by atoms with E-state index in [4.69, 9.17) is 108 Å². The van der Waals surface area contributed by atoms with Crippen LogP contribution in [0.1, 0.15) is 103 Å². The summed E-state index contributed by atoms with van der Waals surface area (Å²) >= 11 is 11.5. The minimum atomic E-state index is -0.293. The largest absolute Gasteiger partial charge is 0.508 e. The summed E-state index contributed by atoms with van der Waals surface area (Å²) in [4.78, 5) is 2.02. The predicted molar refractivity (Wildman–Crippen MR) is 428 cm³/mol. The lowest BCUT2D eigenvalue weighted by Crippen LogP contribution is -2.22. The van der Waals surface area contributed by atoms with Crippen LogP contribution in [0.25, 0.3) is 0 Å². The number of aromatic hydroxyl groups is 1. The van der Waals surface area contributed by atoms with Crippen LogP contribution in [0.4, 0.5) is 10.1 Å². The number of hydrogen-bond acceptors (Lipinski definition) is 17. The zero-order chi connectivity index (χ0) is 76.7. The van der Waals surface area contributed by atoms with Gasteiger partial charge in [-0.3, -0.25) is 0 Å². The van der Waals surface area contributed by atoms with E-state index in [0.717, 1.165) is 93.9 Å². The van der Waals surface area contributed by atoms with Crippen molar-refractivity contribution >= 4 is 113 Å². The number of hydrogen-bond donors (Lipinski definition) is 15. The predicted octanol–water partition coefficient (Wildman–Crippen LogP) is 7.10. The van der Waals surface area contributed by atoms with E-state index >= 15 is 0 Å². The van der Waals surface area contributed by atoms with Gasteiger partial charge in [0.15, 0.2) is 0 Å². The Morgan fingerprint density at radius 1 is 0.408 bits per heavy atom. The molecule has 0 aliphatic rings. The normalized spacial score (nSPS) is 10.6. The van der Waals surface area contributed by atoms with Crippen molar-refractivity contribution in [3.05, 3.63) is 230 Å². The molecule has 0 bridgehead atoms. The molecule has 0 radical (unpaired) electrons. The van der Waals surface area contributed by atoms with Crippen molar-refractivity contribution in [1.82, 2.24) is 0 Å². The summed E-state index contributed by atoms with van der Waals surface area (Å²) in [5, 5.41) is 61.3. The van der Waals surface area contributed by atoms with Crippen molar-refractivity contribution in [2.75, 3.05) is 26.1 Å². The average Bonchev–Trinajstić information content (AvgIpc) is 0.901. The first kappa shape index (κ1) is 88.0.